The smallest absolute Gasteiger partial charge is 0.177 e. The molecule has 5 rings (SSSR count). The van der Waals surface area contributed by atoms with E-state index < -0.39 is 0 Å². The second-order valence-corrected chi connectivity index (χ2v) is 7.88. The number of aromatic nitrogens is 1. The van der Waals surface area contributed by atoms with Gasteiger partial charge >= 0.3 is 0 Å². The predicted octanol–water partition coefficient (Wildman–Crippen LogP) is 3.63. The number of nitrogens with zero attached hydrogens (tertiary/aromatic N) is 2. The Morgan fingerprint density at radius 1 is 1.23 bits per heavy atom. The van der Waals surface area contributed by atoms with E-state index in [2.05, 4.69) is 54.3 Å². The Morgan fingerprint density at radius 2 is 2.00 bits per heavy atom. The molecule has 0 spiro atoms. The SMILES string of the molecule is CC(C)(C)c1ccc2c(NC3CN4CCC3CC4)noc2c1. The van der Waals surface area contributed by atoms with E-state index in [0.717, 1.165) is 29.2 Å². The van der Waals surface area contributed by atoms with Crippen molar-refractivity contribution in [1.82, 2.24) is 10.1 Å². The second kappa shape index (κ2) is 4.98. The molecule has 0 radical (unpaired) electrons. The number of rotatable bonds is 2. The van der Waals surface area contributed by atoms with Crippen LogP contribution in [0.1, 0.15) is 39.2 Å². The van der Waals surface area contributed by atoms with Gasteiger partial charge in [0.2, 0.25) is 0 Å². The van der Waals surface area contributed by atoms with E-state index in [-0.39, 0.29) is 5.41 Å². The van der Waals surface area contributed by atoms with Crippen molar-refractivity contribution in [3.63, 3.8) is 0 Å². The molecule has 3 saturated heterocycles. The molecule has 0 amide bonds. The molecule has 0 aliphatic carbocycles. The van der Waals surface area contributed by atoms with Crippen LogP contribution in [0.15, 0.2) is 22.7 Å². The first-order chi connectivity index (χ1) is 10.5. The first kappa shape index (κ1) is 14.1. The number of hydrogen-bond acceptors (Lipinski definition) is 4. The maximum absolute atomic E-state index is 5.58. The Labute approximate surface area is 131 Å². The Kier molecular flexibility index (Phi) is 3.19. The van der Waals surface area contributed by atoms with Gasteiger partial charge in [0.15, 0.2) is 11.4 Å². The summed E-state index contributed by atoms with van der Waals surface area (Å²) in [7, 11) is 0. The Bertz CT molecular complexity index is 677. The number of hydrogen-bond donors (Lipinski definition) is 1. The van der Waals surface area contributed by atoms with Gasteiger partial charge in [0, 0.05) is 12.6 Å². The molecule has 118 valence electrons. The van der Waals surface area contributed by atoms with E-state index in [0.29, 0.717) is 6.04 Å². The molecule has 3 aliphatic heterocycles. The minimum atomic E-state index is 0.129. The van der Waals surface area contributed by atoms with Crippen molar-refractivity contribution in [3.8, 4) is 0 Å². The van der Waals surface area contributed by atoms with Gasteiger partial charge in [0.1, 0.15) is 0 Å². The van der Waals surface area contributed by atoms with E-state index >= 15 is 0 Å². The van der Waals surface area contributed by atoms with Crippen LogP contribution in [0.4, 0.5) is 5.82 Å². The Morgan fingerprint density at radius 3 is 2.64 bits per heavy atom. The van der Waals surface area contributed by atoms with Gasteiger partial charge in [-0.15, -0.1) is 0 Å². The summed E-state index contributed by atoms with van der Waals surface area (Å²) in [5, 5.41) is 9.04. The zero-order valence-corrected chi connectivity index (χ0v) is 13.7. The average molecular weight is 299 g/mol. The van der Waals surface area contributed by atoms with Crippen molar-refractivity contribution in [2.75, 3.05) is 25.0 Å². The van der Waals surface area contributed by atoms with Crippen molar-refractivity contribution >= 4 is 16.8 Å². The topological polar surface area (TPSA) is 41.3 Å². The van der Waals surface area contributed by atoms with Crippen LogP contribution in [-0.2, 0) is 5.41 Å². The lowest BCUT2D eigenvalue weighted by Crippen LogP contribution is -2.53. The van der Waals surface area contributed by atoms with Crippen LogP contribution >= 0.6 is 0 Å². The van der Waals surface area contributed by atoms with Gasteiger partial charge in [-0.05, 0) is 55.0 Å². The molecule has 2 aromatic rings. The van der Waals surface area contributed by atoms with Gasteiger partial charge in [-0.25, -0.2) is 0 Å². The standard InChI is InChI=1S/C18H25N3O/c1-18(2,3)13-4-5-14-16(10-13)22-20-17(14)19-15-11-21-8-6-12(15)7-9-21/h4-5,10,12,15H,6-9,11H2,1-3H3,(H,19,20). The average Bonchev–Trinajstić information content (AvgIpc) is 2.90. The molecule has 3 aliphatic rings. The van der Waals surface area contributed by atoms with E-state index in [1.807, 2.05) is 0 Å². The summed E-state index contributed by atoms with van der Waals surface area (Å²) in [6.45, 7) is 10.3. The highest BCUT2D eigenvalue weighted by atomic mass is 16.5. The van der Waals surface area contributed by atoms with Crippen LogP contribution in [0.3, 0.4) is 0 Å². The zero-order chi connectivity index (χ0) is 15.3. The van der Waals surface area contributed by atoms with Crippen LogP contribution in [-0.4, -0.2) is 35.7 Å². The minimum absolute atomic E-state index is 0.129. The fraction of sp³-hybridized carbons (Fsp3) is 0.611. The lowest BCUT2D eigenvalue weighted by atomic mass is 9.84. The molecule has 4 nitrogen and oxygen atoms in total. The monoisotopic (exact) mass is 299 g/mol. The van der Waals surface area contributed by atoms with Gasteiger partial charge in [-0.3, -0.25) is 0 Å². The van der Waals surface area contributed by atoms with Crippen molar-refractivity contribution in [3.05, 3.63) is 23.8 Å². The molecule has 1 unspecified atom stereocenters. The molecule has 1 aromatic carbocycles. The maximum Gasteiger partial charge on any atom is 0.177 e. The third kappa shape index (κ3) is 2.39. The summed E-state index contributed by atoms with van der Waals surface area (Å²) in [6, 6.07) is 6.99. The summed E-state index contributed by atoms with van der Waals surface area (Å²) in [4.78, 5) is 2.55. The minimum Gasteiger partial charge on any atom is -0.362 e. The normalized spacial score (nSPS) is 28.2. The molecule has 4 heterocycles. The third-order valence-corrected chi connectivity index (χ3v) is 5.32. The fourth-order valence-electron chi connectivity index (χ4n) is 3.81. The molecule has 1 atom stereocenters. The van der Waals surface area contributed by atoms with Gasteiger partial charge < -0.3 is 14.7 Å². The number of fused-ring (bicyclic) bond motifs is 4. The van der Waals surface area contributed by atoms with Gasteiger partial charge in [0.25, 0.3) is 0 Å². The molecule has 2 bridgehead atoms. The quantitative estimate of drug-likeness (QED) is 0.919. The molecule has 1 aromatic heterocycles. The molecule has 1 N–H and O–H groups in total. The highest BCUT2D eigenvalue weighted by molar-refractivity contribution is 5.88. The van der Waals surface area contributed by atoms with E-state index in [1.54, 1.807) is 0 Å². The molecule has 3 fully saturated rings. The Balaban J connectivity index is 1.60. The van der Waals surface area contributed by atoms with Crippen molar-refractivity contribution in [2.45, 2.75) is 45.1 Å². The van der Waals surface area contributed by atoms with Gasteiger partial charge in [-0.2, -0.15) is 0 Å². The summed E-state index contributed by atoms with van der Waals surface area (Å²) in [5.41, 5.74) is 2.30. The highest BCUT2D eigenvalue weighted by Gasteiger charge is 2.34. The molecular weight excluding hydrogens is 274 g/mol. The van der Waals surface area contributed by atoms with Gasteiger partial charge in [0.05, 0.1) is 5.39 Å². The first-order valence-electron chi connectivity index (χ1n) is 8.39. The van der Waals surface area contributed by atoms with Gasteiger partial charge in [-0.1, -0.05) is 32.0 Å². The summed E-state index contributed by atoms with van der Waals surface area (Å²) < 4.78 is 5.58. The second-order valence-electron chi connectivity index (χ2n) is 7.88. The maximum atomic E-state index is 5.58. The fourth-order valence-corrected chi connectivity index (χ4v) is 3.81. The number of benzene rings is 1. The molecule has 4 heteroatoms. The predicted molar refractivity (Wildman–Crippen MR) is 89.3 cm³/mol. The summed E-state index contributed by atoms with van der Waals surface area (Å²) in [6.07, 6.45) is 2.61. The van der Waals surface area contributed by atoms with Crippen LogP contribution in [0.2, 0.25) is 0 Å². The van der Waals surface area contributed by atoms with E-state index in [1.165, 1.54) is 31.5 Å². The summed E-state index contributed by atoms with van der Waals surface area (Å²) >= 11 is 0. The number of anilines is 1. The van der Waals surface area contributed by atoms with E-state index in [9.17, 15) is 0 Å². The van der Waals surface area contributed by atoms with Crippen LogP contribution in [0, 0.1) is 5.92 Å². The first-order valence-corrected chi connectivity index (χ1v) is 8.39. The Hall–Kier alpha value is -1.55. The third-order valence-electron chi connectivity index (χ3n) is 5.32. The molecule has 0 saturated carbocycles. The number of nitrogens with one attached hydrogen (secondary N) is 1. The molecule has 22 heavy (non-hydrogen) atoms. The van der Waals surface area contributed by atoms with Crippen molar-refractivity contribution in [2.24, 2.45) is 5.92 Å². The van der Waals surface area contributed by atoms with E-state index in [4.69, 9.17) is 4.52 Å². The zero-order valence-electron chi connectivity index (χ0n) is 13.7. The highest BCUT2D eigenvalue weighted by Crippen LogP contribution is 2.33. The van der Waals surface area contributed by atoms with Crippen molar-refractivity contribution in [1.29, 1.82) is 0 Å². The summed E-state index contributed by atoms with van der Waals surface area (Å²) in [5.74, 6) is 1.69. The molecular formula is C18H25N3O. The largest absolute Gasteiger partial charge is 0.362 e. The van der Waals surface area contributed by atoms with Crippen LogP contribution in [0.5, 0.6) is 0 Å². The lowest BCUT2D eigenvalue weighted by Gasteiger charge is -2.44. The van der Waals surface area contributed by atoms with Crippen LogP contribution < -0.4 is 5.32 Å². The lowest BCUT2D eigenvalue weighted by molar-refractivity contribution is 0.0973. The van der Waals surface area contributed by atoms with Crippen LogP contribution in [0.25, 0.3) is 11.0 Å². The number of piperidine rings is 3. The van der Waals surface area contributed by atoms with Crippen molar-refractivity contribution < 1.29 is 4.52 Å².